The van der Waals surface area contributed by atoms with Crippen LogP contribution in [0, 0.1) is 0 Å². The highest BCUT2D eigenvalue weighted by atomic mass is 32.1. The molecule has 0 aliphatic carbocycles. The van der Waals surface area contributed by atoms with Gasteiger partial charge < -0.3 is 14.5 Å². The van der Waals surface area contributed by atoms with Gasteiger partial charge in [-0.25, -0.2) is 9.97 Å². The lowest BCUT2D eigenvalue weighted by Crippen LogP contribution is -2.25. The lowest BCUT2D eigenvalue weighted by molar-refractivity contribution is 0.0953. The van der Waals surface area contributed by atoms with Crippen LogP contribution in [0.5, 0.6) is 5.75 Å². The van der Waals surface area contributed by atoms with Crippen molar-refractivity contribution < 1.29 is 9.53 Å². The Bertz CT molecular complexity index is 1010. The summed E-state index contributed by atoms with van der Waals surface area (Å²) >= 11 is 1.53. The molecule has 0 fully saturated rings. The van der Waals surface area contributed by atoms with Crippen LogP contribution < -0.4 is 10.1 Å². The van der Waals surface area contributed by atoms with Gasteiger partial charge in [0.25, 0.3) is 5.91 Å². The second-order valence-corrected chi connectivity index (χ2v) is 6.72. The SMILES string of the molecule is O=C(NCCc1cn2ccccc2n1)c1cccc(OCc2cscn2)c1. The molecule has 0 saturated heterocycles. The van der Waals surface area contributed by atoms with E-state index in [4.69, 9.17) is 4.74 Å². The van der Waals surface area contributed by atoms with Crippen LogP contribution in [0.1, 0.15) is 21.7 Å². The van der Waals surface area contributed by atoms with Gasteiger partial charge in [0.2, 0.25) is 0 Å². The molecule has 0 bridgehead atoms. The molecule has 7 heteroatoms. The molecule has 0 saturated carbocycles. The van der Waals surface area contributed by atoms with E-state index in [1.54, 1.807) is 17.6 Å². The number of carbonyl (C=O) groups excluding carboxylic acids is 1. The van der Waals surface area contributed by atoms with Crippen molar-refractivity contribution >= 4 is 22.9 Å². The lowest BCUT2D eigenvalue weighted by Gasteiger charge is -2.07. The number of thiazole rings is 1. The molecule has 136 valence electrons. The van der Waals surface area contributed by atoms with E-state index in [1.807, 2.05) is 52.5 Å². The first-order chi connectivity index (χ1) is 13.3. The first kappa shape index (κ1) is 17.2. The number of amides is 1. The van der Waals surface area contributed by atoms with E-state index in [2.05, 4.69) is 15.3 Å². The fourth-order valence-electron chi connectivity index (χ4n) is 2.71. The number of hydrogen-bond donors (Lipinski definition) is 1. The molecule has 0 radical (unpaired) electrons. The molecule has 0 atom stereocenters. The minimum atomic E-state index is -0.127. The van der Waals surface area contributed by atoms with Gasteiger partial charge in [0, 0.05) is 36.3 Å². The van der Waals surface area contributed by atoms with E-state index >= 15 is 0 Å². The third kappa shape index (κ3) is 4.32. The van der Waals surface area contributed by atoms with Gasteiger partial charge in [-0.15, -0.1) is 11.3 Å². The molecule has 1 N–H and O–H groups in total. The molecule has 1 amide bonds. The topological polar surface area (TPSA) is 68.5 Å². The Morgan fingerprint density at radius 1 is 1.19 bits per heavy atom. The van der Waals surface area contributed by atoms with Gasteiger partial charge >= 0.3 is 0 Å². The van der Waals surface area contributed by atoms with Crippen molar-refractivity contribution in [3.8, 4) is 5.75 Å². The van der Waals surface area contributed by atoms with Crippen LogP contribution in [-0.4, -0.2) is 26.8 Å². The van der Waals surface area contributed by atoms with Crippen LogP contribution >= 0.6 is 11.3 Å². The number of rotatable bonds is 7. The maximum Gasteiger partial charge on any atom is 0.251 e. The highest BCUT2D eigenvalue weighted by molar-refractivity contribution is 7.07. The summed E-state index contributed by atoms with van der Waals surface area (Å²) in [6.07, 6.45) is 4.61. The number of fused-ring (bicyclic) bond motifs is 1. The summed E-state index contributed by atoms with van der Waals surface area (Å²) in [5.74, 6) is 0.522. The Kier molecular flexibility index (Phi) is 5.11. The van der Waals surface area contributed by atoms with Crippen molar-refractivity contribution in [3.63, 3.8) is 0 Å². The van der Waals surface area contributed by atoms with Crippen molar-refractivity contribution in [2.45, 2.75) is 13.0 Å². The fraction of sp³-hybridized carbons (Fsp3) is 0.150. The summed E-state index contributed by atoms with van der Waals surface area (Å²) in [5.41, 5.74) is 5.07. The van der Waals surface area contributed by atoms with Crippen molar-refractivity contribution in [2.24, 2.45) is 0 Å². The third-order valence-corrected chi connectivity index (χ3v) is 4.68. The number of aromatic nitrogens is 3. The molecular weight excluding hydrogens is 360 g/mol. The summed E-state index contributed by atoms with van der Waals surface area (Å²) < 4.78 is 7.67. The summed E-state index contributed by atoms with van der Waals surface area (Å²) in [7, 11) is 0. The fourth-order valence-corrected chi connectivity index (χ4v) is 3.25. The number of imidazole rings is 1. The maximum absolute atomic E-state index is 12.4. The van der Waals surface area contributed by atoms with Gasteiger partial charge in [-0.2, -0.15) is 0 Å². The first-order valence-corrected chi connectivity index (χ1v) is 9.53. The van der Waals surface area contributed by atoms with Crippen molar-refractivity contribution in [3.05, 3.63) is 82.7 Å². The molecule has 6 nitrogen and oxygen atoms in total. The monoisotopic (exact) mass is 378 g/mol. The quantitative estimate of drug-likeness (QED) is 0.536. The predicted molar refractivity (Wildman–Crippen MR) is 104 cm³/mol. The number of ether oxygens (including phenoxy) is 1. The average molecular weight is 378 g/mol. The van der Waals surface area contributed by atoms with Crippen LogP contribution in [0.4, 0.5) is 0 Å². The summed E-state index contributed by atoms with van der Waals surface area (Å²) in [6.45, 7) is 0.912. The summed E-state index contributed by atoms with van der Waals surface area (Å²) in [4.78, 5) is 21.1. The molecule has 0 spiro atoms. The average Bonchev–Trinajstić information content (AvgIpc) is 3.35. The summed E-state index contributed by atoms with van der Waals surface area (Å²) in [5, 5.41) is 4.87. The molecule has 3 aromatic heterocycles. The van der Waals surface area contributed by atoms with E-state index in [0.29, 0.717) is 30.9 Å². The minimum absolute atomic E-state index is 0.127. The second kappa shape index (κ2) is 8.01. The van der Waals surface area contributed by atoms with Crippen LogP contribution in [0.25, 0.3) is 5.65 Å². The Morgan fingerprint density at radius 3 is 3.00 bits per heavy atom. The second-order valence-electron chi connectivity index (χ2n) is 6.00. The van der Waals surface area contributed by atoms with Crippen LogP contribution in [0.3, 0.4) is 0 Å². The minimum Gasteiger partial charge on any atom is -0.487 e. The zero-order valence-electron chi connectivity index (χ0n) is 14.5. The Morgan fingerprint density at radius 2 is 2.15 bits per heavy atom. The maximum atomic E-state index is 12.4. The van der Waals surface area contributed by atoms with Crippen molar-refractivity contribution in [2.75, 3.05) is 6.54 Å². The molecule has 4 aromatic rings. The van der Waals surface area contributed by atoms with Gasteiger partial charge in [0.15, 0.2) is 0 Å². The Balaban J connectivity index is 1.31. The molecule has 0 aliphatic rings. The van der Waals surface area contributed by atoms with Crippen LogP contribution in [-0.2, 0) is 13.0 Å². The standard InChI is InChI=1S/C20H18N4O2S/c25-20(21-8-7-16-11-24-9-2-1-6-19(24)23-16)15-4-3-5-18(10-15)26-12-17-13-27-14-22-17/h1-6,9-11,13-14H,7-8,12H2,(H,21,25). The van der Waals surface area contributed by atoms with Gasteiger partial charge in [0.05, 0.1) is 16.9 Å². The molecule has 0 unspecified atom stereocenters. The Hall–Kier alpha value is -3.19. The van der Waals surface area contributed by atoms with E-state index in [1.165, 1.54) is 11.3 Å². The number of benzene rings is 1. The number of carbonyl (C=O) groups is 1. The molecule has 27 heavy (non-hydrogen) atoms. The third-order valence-electron chi connectivity index (χ3n) is 4.05. The molecule has 0 aliphatic heterocycles. The van der Waals surface area contributed by atoms with Crippen LogP contribution in [0.15, 0.2) is 65.7 Å². The van der Waals surface area contributed by atoms with Gasteiger partial charge in [-0.3, -0.25) is 4.79 Å². The van der Waals surface area contributed by atoms with Crippen molar-refractivity contribution in [1.82, 2.24) is 19.7 Å². The van der Waals surface area contributed by atoms with Crippen LogP contribution in [0.2, 0.25) is 0 Å². The number of nitrogens with one attached hydrogen (secondary N) is 1. The van der Waals surface area contributed by atoms with Gasteiger partial charge in [-0.1, -0.05) is 12.1 Å². The van der Waals surface area contributed by atoms with Crippen molar-refractivity contribution in [1.29, 1.82) is 0 Å². The lowest BCUT2D eigenvalue weighted by atomic mass is 10.2. The number of nitrogens with zero attached hydrogens (tertiary/aromatic N) is 3. The predicted octanol–water partition coefficient (Wildman–Crippen LogP) is 3.34. The largest absolute Gasteiger partial charge is 0.487 e. The normalized spacial score (nSPS) is 10.8. The summed E-state index contributed by atoms with van der Waals surface area (Å²) in [6, 6.07) is 13.0. The highest BCUT2D eigenvalue weighted by Crippen LogP contribution is 2.15. The number of hydrogen-bond acceptors (Lipinski definition) is 5. The van der Waals surface area contributed by atoms with E-state index in [0.717, 1.165) is 17.0 Å². The first-order valence-electron chi connectivity index (χ1n) is 8.59. The van der Waals surface area contributed by atoms with Gasteiger partial charge in [-0.05, 0) is 30.3 Å². The zero-order chi connectivity index (χ0) is 18.5. The van der Waals surface area contributed by atoms with Gasteiger partial charge in [0.1, 0.15) is 18.0 Å². The van der Waals surface area contributed by atoms with E-state index < -0.39 is 0 Å². The Labute approximate surface area is 160 Å². The molecule has 3 heterocycles. The molecular formula is C20H18N4O2S. The zero-order valence-corrected chi connectivity index (χ0v) is 15.4. The molecule has 1 aromatic carbocycles. The smallest absolute Gasteiger partial charge is 0.251 e. The van der Waals surface area contributed by atoms with E-state index in [-0.39, 0.29) is 5.91 Å². The van der Waals surface area contributed by atoms with E-state index in [9.17, 15) is 4.79 Å². The number of pyridine rings is 1. The highest BCUT2D eigenvalue weighted by Gasteiger charge is 2.08. The molecule has 4 rings (SSSR count).